The van der Waals surface area contributed by atoms with Crippen molar-refractivity contribution in [1.29, 1.82) is 0 Å². The van der Waals surface area contributed by atoms with Crippen molar-refractivity contribution in [2.75, 3.05) is 0 Å². The molecule has 10 heavy (non-hydrogen) atoms. The van der Waals surface area contributed by atoms with Gasteiger partial charge in [-0.05, 0) is 0 Å². The summed E-state index contributed by atoms with van der Waals surface area (Å²) < 4.78 is 40.4. The fourth-order valence-electron chi connectivity index (χ4n) is 0.119. The van der Waals surface area contributed by atoms with Crippen LogP contribution in [0, 0.1) is 0 Å². The Hall–Kier alpha value is 0.539. The molecule has 0 atom stereocenters. The van der Waals surface area contributed by atoms with Crippen LogP contribution in [0.25, 0.3) is 0 Å². The molecule has 0 fully saturated rings. The van der Waals surface area contributed by atoms with Crippen molar-refractivity contribution in [3.05, 3.63) is 0 Å². The second-order valence-corrected chi connectivity index (χ2v) is 3.37. The summed E-state index contributed by atoms with van der Waals surface area (Å²) in [4.78, 5) is 15.3. The predicted octanol–water partition coefficient (Wildman–Crippen LogP) is -1.45. The normalized spacial score (nSPS) is 12.3. The van der Waals surface area contributed by atoms with Crippen LogP contribution in [0.2, 0.25) is 0 Å². The van der Waals surface area contributed by atoms with Crippen molar-refractivity contribution in [3.8, 4) is 0 Å². The molecule has 0 unspecified atom stereocenters. The minimum absolute atomic E-state index is 0. The zero-order valence-electron chi connectivity index (χ0n) is 4.09. The van der Waals surface area contributed by atoms with E-state index in [1.165, 1.54) is 0 Å². The van der Waals surface area contributed by atoms with Crippen LogP contribution >= 0.6 is 7.82 Å². The average molecular weight is 241 g/mol. The Kier molecular flexibility index (Phi) is 4.99. The van der Waals surface area contributed by atoms with E-state index >= 15 is 0 Å². The van der Waals surface area contributed by atoms with Crippen LogP contribution in [0.3, 0.4) is 0 Å². The SMILES string of the molecule is O=P(O)(O)OS(=O)(=O)[O-].[Cu+]. The molecule has 0 amide bonds. The van der Waals surface area contributed by atoms with Crippen LogP contribution in [0.1, 0.15) is 0 Å². The van der Waals surface area contributed by atoms with E-state index in [-0.39, 0.29) is 17.1 Å². The van der Waals surface area contributed by atoms with Gasteiger partial charge in [0.05, 0.1) is 0 Å². The van der Waals surface area contributed by atoms with E-state index in [0.717, 1.165) is 0 Å². The monoisotopic (exact) mass is 240 g/mol. The van der Waals surface area contributed by atoms with E-state index in [9.17, 15) is 17.5 Å². The smallest absolute Gasteiger partial charge is 0.725 e. The zero-order valence-corrected chi connectivity index (χ0v) is 6.75. The van der Waals surface area contributed by atoms with Gasteiger partial charge in [0.25, 0.3) is 0 Å². The first-order valence-corrected chi connectivity index (χ1v) is 4.30. The molecule has 0 aliphatic heterocycles. The van der Waals surface area contributed by atoms with E-state index < -0.39 is 18.2 Å². The zero-order chi connectivity index (χ0) is 7.71. The minimum atomic E-state index is -5.29. The van der Waals surface area contributed by atoms with Gasteiger partial charge in [-0.2, -0.15) is 3.97 Å². The summed E-state index contributed by atoms with van der Waals surface area (Å²) in [5.74, 6) is 0. The first-order chi connectivity index (χ1) is 3.71. The van der Waals surface area contributed by atoms with E-state index in [1.54, 1.807) is 0 Å². The molecule has 0 spiro atoms. The molecule has 0 aliphatic carbocycles. The molecule has 10 heteroatoms. The van der Waals surface area contributed by atoms with E-state index in [4.69, 9.17) is 9.79 Å². The Morgan fingerprint density at radius 3 is 1.70 bits per heavy atom. The third kappa shape index (κ3) is 11.4. The summed E-state index contributed by atoms with van der Waals surface area (Å²) in [6, 6.07) is 0. The van der Waals surface area contributed by atoms with Crippen LogP contribution < -0.4 is 0 Å². The summed E-state index contributed by atoms with van der Waals surface area (Å²) in [6.45, 7) is 0. The van der Waals surface area contributed by atoms with Crippen molar-refractivity contribution >= 4 is 18.2 Å². The molecule has 0 aromatic heterocycles. The predicted molar refractivity (Wildman–Crippen MR) is 22.8 cm³/mol. The number of hydrogen-bond donors (Lipinski definition) is 2. The molecule has 66 valence electrons. The Bertz CT molecular complexity index is 220. The van der Waals surface area contributed by atoms with Gasteiger partial charge in [0.2, 0.25) is 10.4 Å². The van der Waals surface area contributed by atoms with Gasteiger partial charge in [-0.25, -0.2) is 13.0 Å². The maximum Gasteiger partial charge on any atom is 1.00 e. The molecule has 0 bridgehead atoms. The Morgan fingerprint density at radius 2 is 1.70 bits per heavy atom. The Balaban J connectivity index is 0. The number of hydrogen-bond acceptors (Lipinski definition) is 5. The minimum Gasteiger partial charge on any atom is -0.725 e. The molecular weight excluding hydrogens is 239 g/mol. The molecular formula is H2CuO7PS. The van der Waals surface area contributed by atoms with Crippen molar-refractivity contribution in [3.63, 3.8) is 0 Å². The first kappa shape index (κ1) is 13.2. The molecule has 0 saturated carbocycles. The first-order valence-electron chi connectivity index (χ1n) is 1.43. The third-order valence-corrected chi connectivity index (χ3v) is 1.70. The van der Waals surface area contributed by atoms with Gasteiger partial charge in [-0.1, -0.05) is 0 Å². The van der Waals surface area contributed by atoms with Gasteiger partial charge < -0.3 is 14.3 Å². The van der Waals surface area contributed by atoms with Crippen LogP contribution in [0.15, 0.2) is 0 Å². The van der Waals surface area contributed by atoms with Crippen molar-refractivity contribution < 1.29 is 48.4 Å². The van der Waals surface area contributed by atoms with Gasteiger partial charge in [0.1, 0.15) is 0 Å². The van der Waals surface area contributed by atoms with Crippen molar-refractivity contribution in [2.24, 2.45) is 0 Å². The molecule has 0 heterocycles. The summed E-state index contributed by atoms with van der Waals surface area (Å²) >= 11 is 0. The Labute approximate surface area is 67.1 Å². The van der Waals surface area contributed by atoms with E-state index in [1.807, 2.05) is 0 Å². The standard InChI is InChI=1S/Cu.H3O7PS/c;1-8(2,3)7-9(4,5)6/h;(H2,1,2,3)(H,4,5,6)/q+1;/p-1. The quantitative estimate of drug-likeness (QED) is 0.262. The van der Waals surface area contributed by atoms with Gasteiger partial charge in [-0.15, -0.1) is 0 Å². The van der Waals surface area contributed by atoms with Crippen LogP contribution in [0.4, 0.5) is 0 Å². The van der Waals surface area contributed by atoms with Gasteiger partial charge in [0, 0.05) is 0 Å². The largest absolute Gasteiger partial charge is 1.00 e. The third-order valence-electron chi connectivity index (χ3n) is 0.188. The molecule has 0 aromatic rings. The number of rotatable bonds is 2. The summed E-state index contributed by atoms with van der Waals surface area (Å²) in [6.07, 6.45) is 0. The van der Waals surface area contributed by atoms with Gasteiger partial charge in [-0.3, -0.25) is 0 Å². The maximum atomic E-state index is 9.54. The van der Waals surface area contributed by atoms with Gasteiger partial charge >= 0.3 is 24.9 Å². The van der Waals surface area contributed by atoms with Gasteiger partial charge in [0.15, 0.2) is 0 Å². The molecule has 2 N–H and O–H groups in total. The Morgan fingerprint density at radius 1 is 1.40 bits per heavy atom. The second kappa shape index (κ2) is 3.79. The average Bonchev–Trinajstić information content (AvgIpc) is 1.14. The fraction of sp³-hybridized carbons (Fsp3) is 0. The maximum absolute atomic E-state index is 9.54. The topological polar surface area (TPSA) is 124 Å². The summed E-state index contributed by atoms with van der Waals surface area (Å²) in [5, 5.41) is 0. The molecule has 0 aromatic carbocycles. The summed E-state index contributed by atoms with van der Waals surface area (Å²) in [5.41, 5.74) is 0. The second-order valence-electron chi connectivity index (χ2n) is 0.973. The molecule has 7 nitrogen and oxygen atoms in total. The van der Waals surface area contributed by atoms with E-state index in [0.29, 0.717) is 0 Å². The molecule has 0 radical (unpaired) electrons. The number of phosphoric acid groups is 1. The van der Waals surface area contributed by atoms with E-state index in [2.05, 4.69) is 3.97 Å². The van der Waals surface area contributed by atoms with Crippen molar-refractivity contribution in [2.45, 2.75) is 0 Å². The summed E-state index contributed by atoms with van der Waals surface area (Å²) in [7, 11) is -10.5. The van der Waals surface area contributed by atoms with Crippen LogP contribution in [-0.4, -0.2) is 22.8 Å². The van der Waals surface area contributed by atoms with Crippen LogP contribution in [0.5, 0.6) is 0 Å². The fourth-order valence-corrected chi connectivity index (χ4v) is 1.07. The molecule has 0 rings (SSSR count). The molecule has 0 aliphatic rings. The van der Waals surface area contributed by atoms with Crippen LogP contribution in [-0.2, 0) is 36.0 Å². The van der Waals surface area contributed by atoms with Crippen molar-refractivity contribution in [1.82, 2.24) is 0 Å². The molecule has 0 saturated heterocycles.